The van der Waals surface area contributed by atoms with Crippen LogP contribution >= 0.6 is 0 Å². The van der Waals surface area contributed by atoms with Crippen LogP contribution in [0.4, 0.5) is 0 Å². The van der Waals surface area contributed by atoms with Crippen LogP contribution in [0.25, 0.3) is 0 Å². The molecule has 1 rings (SSSR count). The number of carbonyl (C=O) groups is 1. The summed E-state index contributed by atoms with van der Waals surface area (Å²) in [6.45, 7) is 12.2. The first kappa shape index (κ1) is 18.1. The van der Waals surface area contributed by atoms with Crippen LogP contribution in [-0.2, 0) is 9.53 Å². The van der Waals surface area contributed by atoms with Gasteiger partial charge in [0.1, 0.15) is 0 Å². The summed E-state index contributed by atoms with van der Waals surface area (Å²) >= 11 is 0. The molecule has 2 nitrogen and oxygen atoms in total. The quantitative estimate of drug-likeness (QED) is 0.674. The van der Waals surface area contributed by atoms with Gasteiger partial charge in [-0.25, -0.2) is 0 Å². The molecule has 0 N–H and O–H groups in total. The van der Waals surface area contributed by atoms with Gasteiger partial charge in [0.2, 0.25) is 0 Å². The second-order valence-corrected chi connectivity index (χ2v) is 5.40. The number of allylic oxidation sites excluding steroid dienone is 4. The predicted octanol–water partition coefficient (Wildman–Crippen LogP) is 4.70. The second kappa shape index (κ2) is 11.0. The summed E-state index contributed by atoms with van der Waals surface area (Å²) in [5.41, 5.74) is 2.46. The number of hydrogen-bond donors (Lipinski definition) is 0. The maximum atomic E-state index is 11.3. The summed E-state index contributed by atoms with van der Waals surface area (Å²) in [7, 11) is 0. The number of ketones is 1. The Morgan fingerprint density at radius 2 is 1.89 bits per heavy atom. The van der Waals surface area contributed by atoms with Crippen LogP contribution in [0.2, 0.25) is 0 Å². The van der Waals surface area contributed by atoms with Crippen LogP contribution in [0.5, 0.6) is 0 Å². The van der Waals surface area contributed by atoms with Gasteiger partial charge in [0, 0.05) is 19.1 Å². The molecule has 0 saturated carbocycles. The number of carbonyl (C=O) groups excluding carboxylic acids is 1. The zero-order chi connectivity index (χ0) is 14.7. The molecule has 0 bridgehead atoms. The van der Waals surface area contributed by atoms with Crippen LogP contribution in [0, 0.1) is 5.92 Å². The van der Waals surface area contributed by atoms with Crippen LogP contribution in [-0.4, -0.2) is 19.0 Å². The van der Waals surface area contributed by atoms with Gasteiger partial charge in [-0.15, -0.1) is 0 Å². The van der Waals surface area contributed by atoms with Crippen molar-refractivity contribution in [1.82, 2.24) is 0 Å². The number of hydrogen-bond acceptors (Lipinski definition) is 2. The molecule has 1 aliphatic rings. The maximum Gasteiger partial charge on any atom is 0.158 e. The molecule has 0 heterocycles. The van der Waals surface area contributed by atoms with Gasteiger partial charge >= 0.3 is 0 Å². The molecule has 0 aromatic carbocycles. The molecule has 0 aliphatic heterocycles. The lowest BCUT2D eigenvalue weighted by molar-refractivity contribution is -0.118. The molecular formula is C17H30O2. The summed E-state index contributed by atoms with van der Waals surface area (Å²) < 4.78 is 5.13. The summed E-state index contributed by atoms with van der Waals surface area (Å²) in [5, 5.41) is 0. The van der Waals surface area contributed by atoms with Gasteiger partial charge in [0.25, 0.3) is 0 Å². The molecule has 1 unspecified atom stereocenters. The van der Waals surface area contributed by atoms with Crippen molar-refractivity contribution in [2.45, 2.75) is 60.3 Å². The van der Waals surface area contributed by atoms with Gasteiger partial charge in [-0.3, -0.25) is 4.79 Å². The van der Waals surface area contributed by atoms with Crippen LogP contribution in [0.15, 0.2) is 23.3 Å². The fourth-order valence-corrected chi connectivity index (χ4v) is 1.80. The number of ether oxygens (including phenoxy) is 1. The van der Waals surface area contributed by atoms with Gasteiger partial charge in [-0.2, -0.15) is 0 Å². The van der Waals surface area contributed by atoms with E-state index in [4.69, 9.17) is 4.74 Å². The van der Waals surface area contributed by atoms with Crippen molar-refractivity contribution in [1.29, 1.82) is 0 Å². The van der Waals surface area contributed by atoms with Crippen molar-refractivity contribution >= 4 is 5.78 Å². The third-order valence-electron chi connectivity index (χ3n) is 2.85. The number of rotatable bonds is 5. The predicted molar refractivity (Wildman–Crippen MR) is 82.3 cm³/mol. The Kier molecular flexibility index (Phi) is 10.5. The van der Waals surface area contributed by atoms with E-state index in [2.05, 4.69) is 33.8 Å². The van der Waals surface area contributed by atoms with E-state index in [1.54, 1.807) is 6.08 Å². The Bertz CT molecular complexity index is 305. The topological polar surface area (TPSA) is 26.3 Å². The first-order chi connectivity index (χ1) is 9.01. The smallest absolute Gasteiger partial charge is 0.158 e. The molecule has 0 radical (unpaired) electrons. The molecular weight excluding hydrogens is 236 g/mol. The average Bonchev–Trinajstić information content (AvgIpc) is 2.35. The van der Waals surface area contributed by atoms with E-state index in [-0.39, 0.29) is 11.7 Å². The first-order valence-electron chi connectivity index (χ1n) is 7.48. The highest BCUT2D eigenvalue weighted by atomic mass is 16.5. The van der Waals surface area contributed by atoms with Crippen molar-refractivity contribution in [2.75, 3.05) is 13.2 Å². The van der Waals surface area contributed by atoms with Crippen molar-refractivity contribution in [2.24, 2.45) is 5.92 Å². The SMILES string of the molecule is CC(C)=CC1=CC(=O)C(C)CC1.CCCOCCC. The second-order valence-electron chi connectivity index (χ2n) is 5.40. The molecule has 1 aliphatic carbocycles. The molecule has 0 amide bonds. The van der Waals surface area contributed by atoms with Crippen LogP contribution in [0.3, 0.4) is 0 Å². The van der Waals surface area contributed by atoms with Crippen LogP contribution in [0.1, 0.15) is 60.3 Å². The van der Waals surface area contributed by atoms with Crippen molar-refractivity contribution in [3.05, 3.63) is 23.3 Å². The van der Waals surface area contributed by atoms with Crippen molar-refractivity contribution in [3.63, 3.8) is 0 Å². The Morgan fingerprint density at radius 3 is 2.32 bits per heavy atom. The Hall–Kier alpha value is -0.890. The van der Waals surface area contributed by atoms with Gasteiger partial charge in [-0.1, -0.05) is 32.4 Å². The highest BCUT2D eigenvalue weighted by Crippen LogP contribution is 2.21. The van der Waals surface area contributed by atoms with E-state index < -0.39 is 0 Å². The first-order valence-corrected chi connectivity index (χ1v) is 7.48. The fourth-order valence-electron chi connectivity index (χ4n) is 1.80. The van der Waals surface area contributed by atoms with Gasteiger partial charge < -0.3 is 4.74 Å². The standard InChI is InChI=1S/C11H16O.C6H14O/c1-8(2)6-10-5-4-9(3)11(12)7-10;1-3-5-7-6-4-2/h6-7,9H,4-5H2,1-3H3;3-6H2,1-2H3. The molecule has 110 valence electrons. The highest BCUT2D eigenvalue weighted by Gasteiger charge is 2.16. The molecule has 0 saturated heterocycles. The largest absolute Gasteiger partial charge is 0.381 e. The molecule has 2 heteroatoms. The lowest BCUT2D eigenvalue weighted by Gasteiger charge is -2.14. The minimum atomic E-state index is 0.235. The third kappa shape index (κ3) is 9.66. The summed E-state index contributed by atoms with van der Waals surface area (Å²) in [5.74, 6) is 0.521. The lowest BCUT2D eigenvalue weighted by Crippen LogP contribution is -2.13. The Labute approximate surface area is 118 Å². The van der Waals surface area contributed by atoms with Crippen molar-refractivity contribution in [3.8, 4) is 0 Å². The fraction of sp³-hybridized carbons (Fsp3) is 0.706. The lowest BCUT2D eigenvalue weighted by atomic mass is 9.89. The maximum absolute atomic E-state index is 11.3. The summed E-state index contributed by atoms with van der Waals surface area (Å²) in [6, 6.07) is 0. The van der Waals surface area contributed by atoms with E-state index in [1.807, 2.05) is 6.92 Å². The van der Waals surface area contributed by atoms with Crippen LogP contribution < -0.4 is 0 Å². The molecule has 0 aromatic rings. The minimum Gasteiger partial charge on any atom is -0.381 e. The average molecular weight is 266 g/mol. The summed E-state index contributed by atoms with van der Waals surface area (Å²) in [4.78, 5) is 11.3. The molecule has 0 aromatic heterocycles. The van der Waals surface area contributed by atoms with E-state index in [0.717, 1.165) is 38.9 Å². The zero-order valence-electron chi connectivity index (χ0n) is 13.3. The Balaban J connectivity index is 0.000000399. The highest BCUT2D eigenvalue weighted by molar-refractivity contribution is 5.93. The molecule has 19 heavy (non-hydrogen) atoms. The molecule has 0 spiro atoms. The van der Waals surface area contributed by atoms with E-state index in [0.29, 0.717) is 0 Å². The van der Waals surface area contributed by atoms with Crippen molar-refractivity contribution < 1.29 is 9.53 Å². The van der Waals surface area contributed by atoms with Gasteiger partial charge in [-0.05, 0) is 51.2 Å². The van der Waals surface area contributed by atoms with E-state index in [1.165, 1.54) is 11.1 Å². The van der Waals surface area contributed by atoms with Gasteiger partial charge in [0.15, 0.2) is 5.78 Å². The minimum absolute atomic E-state index is 0.235. The normalized spacial score (nSPS) is 18.3. The molecule has 0 fully saturated rings. The summed E-state index contributed by atoms with van der Waals surface area (Å²) in [6.07, 6.45) is 8.23. The zero-order valence-corrected chi connectivity index (χ0v) is 13.3. The monoisotopic (exact) mass is 266 g/mol. The Morgan fingerprint density at radius 1 is 1.32 bits per heavy atom. The molecule has 1 atom stereocenters. The third-order valence-corrected chi connectivity index (χ3v) is 2.85. The van der Waals surface area contributed by atoms with E-state index >= 15 is 0 Å². The van der Waals surface area contributed by atoms with Gasteiger partial charge in [0.05, 0.1) is 0 Å². The van der Waals surface area contributed by atoms with E-state index in [9.17, 15) is 4.79 Å².